The summed E-state index contributed by atoms with van der Waals surface area (Å²) in [7, 11) is 0. The molecule has 0 aliphatic heterocycles. The predicted octanol–water partition coefficient (Wildman–Crippen LogP) is 5.16. The molecule has 1 amide bonds. The van der Waals surface area contributed by atoms with Gasteiger partial charge in [-0.25, -0.2) is 4.79 Å². The second-order valence-electron chi connectivity index (χ2n) is 7.04. The van der Waals surface area contributed by atoms with E-state index in [9.17, 15) is 9.59 Å². The molecule has 0 spiro atoms. The lowest BCUT2D eigenvalue weighted by Gasteiger charge is -2.16. The maximum absolute atomic E-state index is 12.9. The van der Waals surface area contributed by atoms with Crippen LogP contribution in [0.4, 0.5) is 5.69 Å². The number of carbonyl (C=O) groups excluding carboxylic acids is 2. The summed E-state index contributed by atoms with van der Waals surface area (Å²) in [5, 5.41) is 4.89. The zero-order valence-corrected chi connectivity index (χ0v) is 18.7. The molecule has 0 bridgehead atoms. The Labute approximate surface area is 193 Å². The summed E-state index contributed by atoms with van der Waals surface area (Å²) in [5.74, 6) is -0.932. The Kier molecular flexibility index (Phi) is 8.27. The first-order valence-corrected chi connectivity index (χ1v) is 10.9. The Balaban J connectivity index is 0.00000149. The van der Waals surface area contributed by atoms with E-state index in [4.69, 9.17) is 10.5 Å². The smallest absolute Gasteiger partial charge is 0.343 e. The van der Waals surface area contributed by atoms with Crippen molar-refractivity contribution in [2.45, 2.75) is 19.8 Å². The third kappa shape index (κ3) is 6.02. The van der Waals surface area contributed by atoms with Crippen molar-refractivity contribution in [1.82, 2.24) is 4.98 Å². The van der Waals surface area contributed by atoms with Crippen LogP contribution < -0.4 is 15.8 Å². The van der Waals surface area contributed by atoms with E-state index in [0.29, 0.717) is 22.6 Å². The standard InChI is InChI=1S/C25H21N3O3.C2H6/c26-15-23(24(29)28-21-10-9-20-16-27-12-11-18(20)13-21)19-7-4-8-22(14-19)31-25(30)17-5-2-1-3-6-17;1-2/h1-14,16,23H,15,26H2,(H,28,29);1-2H3. The Morgan fingerprint density at radius 2 is 1.73 bits per heavy atom. The summed E-state index contributed by atoms with van der Waals surface area (Å²) in [6, 6.07) is 23.1. The Bertz CT molecular complexity index is 1230. The third-order valence-electron chi connectivity index (χ3n) is 4.94. The number of aromatic nitrogens is 1. The minimum Gasteiger partial charge on any atom is -0.423 e. The molecule has 1 aromatic heterocycles. The molecule has 6 heteroatoms. The third-order valence-corrected chi connectivity index (χ3v) is 4.94. The molecule has 33 heavy (non-hydrogen) atoms. The minimum atomic E-state index is -0.594. The number of ether oxygens (including phenoxy) is 1. The lowest BCUT2D eigenvalue weighted by Crippen LogP contribution is -2.27. The van der Waals surface area contributed by atoms with Gasteiger partial charge in [-0.3, -0.25) is 9.78 Å². The molecular weight excluding hydrogens is 414 g/mol. The molecule has 6 nitrogen and oxygen atoms in total. The van der Waals surface area contributed by atoms with Gasteiger partial charge in [0, 0.05) is 30.0 Å². The van der Waals surface area contributed by atoms with E-state index in [1.807, 2.05) is 44.2 Å². The molecule has 4 rings (SSSR count). The molecule has 4 aromatic rings. The van der Waals surface area contributed by atoms with Gasteiger partial charge in [-0.15, -0.1) is 0 Å². The van der Waals surface area contributed by atoms with Crippen molar-refractivity contribution in [3.8, 4) is 5.75 Å². The second kappa shape index (κ2) is 11.5. The highest BCUT2D eigenvalue weighted by molar-refractivity contribution is 5.98. The van der Waals surface area contributed by atoms with Gasteiger partial charge in [0.25, 0.3) is 0 Å². The van der Waals surface area contributed by atoms with Crippen LogP contribution in [0.1, 0.15) is 35.7 Å². The van der Waals surface area contributed by atoms with E-state index in [-0.39, 0.29) is 12.5 Å². The zero-order chi connectivity index (χ0) is 23.6. The minimum absolute atomic E-state index is 0.111. The van der Waals surface area contributed by atoms with Crippen molar-refractivity contribution in [1.29, 1.82) is 0 Å². The summed E-state index contributed by atoms with van der Waals surface area (Å²) in [4.78, 5) is 29.3. The number of amides is 1. The van der Waals surface area contributed by atoms with Crippen LogP contribution in [-0.2, 0) is 4.79 Å². The fourth-order valence-corrected chi connectivity index (χ4v) is 3.32. The number of carbonyl (C=O) groups is 2. The molecular formula is C27H27N3O3. The average molecular weight is 442 g/mol. The summed E-state index contributed by atoms with van der Waals surface area (Å²) in [6.45, 7) is 4.11. The molecule has 1 heterocycles. The number of esters is 1. The number of hydrogen-bond acceptors (Lipinski definition) is 5. The van der Waals surface area contributed by atoms with Crippen LogP contribution in [0.2, 0.25) is 0 Å². The van der Waals surface area contributed by atoms with Crippen molar-refractivity contribution in [3.05, 3.63) is 102 Å². The van der Waals surface area contributed by atoms with E-state index in [0.717, 1.165) is 10.8 Å². The molecule has 0 radical (unpaired) electrons. The SMILES string of the molecule is CC.NCC(C(=O)Nc1ccc2cnccc2c1)c1cccc(OC(=O)c2ccccc2)c1. The lowest BCUT2D eigenvalue weighted by molar-refractivity contribution is -0.117. The first-order valence-electron chi connectivity index (χ1n) is 10.9. The molecule has 0 saturated carbocycles. The number of anilines is 1. The molecule has 168 valence electrons. The van der Waals surface area contributed by atoms with E-state index in [1.165, 1.54) is 0 Å². The van der Waals surface area contributed by atoms with Gasteiger partial charge < -0.3 is 15.8 Å². The second-order valence-corrected chi connectivity index (χ2v) is 7.04. The highest BCUT2D eigenvalue weighted by Crippen LogP contribution is 2.24. The van der Waals surface area contributed by atoms with E-state index >= 15 is 0 Å². The summed E-state index contributed by atoms with van der Waals surface area (Å²) in [6.07, 6.45) is 3.48. The fraction of sp³-hybridized carbons (Fsp3) is 0.148. The molecule has 1 atom stereocenters. The molecule has 0 fully saturated rings. The quantitative estimate of drug-likeness (QED) is 0.318. The number of rotatable bonds is 6. The zero-order valence-electron chi connectivity index (χ0n) is 18.7. The predicted molar refractivity (Wildman–Crippen MR) is 131 cm³/mol. The first kappa shape index (κ1) is 23.6. The fourth-order valence-electron chi connectivity index (χ4n) is 3.32. The number of nitrogens with two attached hydrogens (primary N) is 1. The van der Waals surface area contributed by atoms with Crippen LogP contribution in [-0.4, -0.2) is 23.4 Å². The first-order chi connectivity index (χ1) is 16.1. The van der Waals surface area contributed by atoms with Crippen molar-refractivity contribution >= 4 is 28.3 Å². The van der Waals surface area contributed by atoms with E-state index in [1.54, 1.807) is 60.9 Å². The van der Waals surface area contributed by atoms with Crippen molar-refractivity contribution in [3.63, 3.8) is 0 Å². The normalized spacial score (nSPS) is 11.1. The Hall–Kier alpha value is -4.03. The highest BCUT2D eigenvalue weighted by atomic mass is 16.5. The number of nitrogens with zero attached hydrogens (tertiary/aromatic N) is 1. The summed E-state index contributed by atoms with van der Waals surface area (Å²) >= 11 is 0. The summed E-state index contributed by atoms with van der Waals surface area (Å²) < 4.78 is 5.46. The number of benzene rings is 3. The van der Waals surface area contributed by atoms with Gasteiger partial charge in [0.2, 0.25) is 5.91 Å². The van der Waals surface area contributed by atoms with Gasteiger partial charge in [-0.05, 0) is 53.4 Å². The topological polar surface area (TPSA) is 94.3 Å². The molecule has 3 N–H and O–H groups in total. The number of hydrogen-bond donors (Lipinski definition) is 2. The van der Waals surface area contributed by atoms with Crippen molar-refractivity contribution in [2.75, 3.05) is 11.9 Å². The van der Waals surface area contributed by atoms with Gasteiger partial charge in [-0.1, -0.05) is 50.2 Å². The van der Waals surface area contributed by atoms with Crippen LogP contribution in [0, 0.1) is 0 Å². The van der Waals surface area contributed by atoms with Crippen LogP contribution in [0.3, 0.4) is 0 Å². The molecule has 0 aliphatic carbocycles. The number of pyridine rings is 1. The van der Waals surface area contributed by atoms with E-state index < -0.39 is 11.9 Å². The maximum Gasteiger partial charge on any atom is 0.343 e. The van der Waals surface area contributed by atoms with Gasteiger partial charge in [-0.2, -0.15) is 0 Å². The van der Waals surface area contributed by atoms with Crippen LogP contribution in [0.15, 0.2) is 91.3 Å². The van der Waals surface area contributed by atoms with Crippen molar-refractivity contribution < 1.29 is 14.3 Å². The molecule has 1 unspecified atom stereocenters. The van der Waals surface area contributed by atoms with Gasteiger partial charge >= 0.3 is 5.97 Å². The monoisotopic (exact) mass is 441 g/mol. The maximum atomic E-state index is 12.9. The number of nitrogens with one attached hydrogen (secondary N) is 1. The average Bonchev–Trinajstić information content (AvgIpc) is 2.86. The highest BCUT2D eigenvalue weighted by Gasteiger charge is 2.20. The van der Waals surface area contributed by atoms with E-state index in [2.05, 4.69) is 10.3 Å². The Morgan fingerprint density at radius 3 is 2.48 bits per heavy atom. The molecule has 3 aromatic carbocycles. The van der Waals surface area contributed by atoms with Gasteiger partial charge in [0.1, 0.15) is 5.75 Å². The van der Waals surface area contributed by atoms with Crippen LogP contribution in [0.25, 0.3) is 10.8 Å². The summed E-state index contributed by atoms with van der Waals surface area (Å²) in [5.41, 5.74) is 7.71. The van der Waals surface area contributed by atoms with Crippen LogP contribution in [0.5, 0.6) is 5.75 Å². The number of fused-ring (bicyclic) bond motifs is 1. The Morgan fingerprint density at radius 1 is 0.939 bits per heavy atom. The van der Waals surface area contributed by atoms with Gasteiger partial charge in [0.05, 0.1) is 11.5 Å². The van der Waals surface area contributed by atoms with Gasteiger partial charge in [0.15, 0.2) is 0 Å². The lowest BCUT2D eigenvalue weighted by atomic mass is 9.98. The molecule has 0 saturated heterocycles. The largest absolute Gasteiger partial charge is 0.423 e. The molecule has 0 aliphatic rings. The van der Waals surface area contributed by atoms with Crippen molar-refractivity contribution in [2.24, 2.45) is 5.73 Å². The van der Waals surface area contributed by atoms with Crippen LogP contribution >= 0.6 is 0 Å².